The van der Waals surface area contributed by atoms with Gasteiger partial charge in [0.15, 0.2) is 0 Å². The van der Waals surface area contributed by atoms with Gasteiger partial charge in [0.2, 0.25) is 5.95 Å². The molecule has 1 aromatic rings. The molecule has 1 unspecified atom stereocenters. The molecule has 0 spiro atoms. The lowest BCUT2D eigenvalue weighted by atomic mass is 9.77. The van der Waals surface area contributed by atoms with Crippen molar-refractivity contribution < 1.29 is 4.39 Å². The van der Waals surface area contributed by atoms with Crippen LogP contribution in [0.25, 0.3) is 0 Å². The summed E-state index contributed by atoms with van der Waals surface area (Å²) in [4.78, 5) is 0. The van der Waals surface area contributed by atoms with E-state index in [-0.39, 0.29) is 11.4 Å². The van der Waals surface area contributed by atoms with Crippen molar-refractivity contribution in [1.29, 1.82) is 0 Å². The molecule has 20 heavy (non-hydrogen) atoms. The van der Waals surface area contributed by atoms with Crippen molar-refractivity contribution in [3.63, 3.8) is 0 Å². The molecule has 0 aliphatic rings. The van der Waals surface area contributed by atoms with E-state index >= 15 is 0 Å². The second kappa shape index (κ2) is 9.00. The van der Waals surface area contributed by atoms with Gasteiger partial charge in [-0.1, -0.05) is 65.7 Å². The molecule has 1 aromatic heterocycles. The fraction of sp³-hybridized carbons (Fsp3) is 0.812. The number of halogens is 2. The van der Waals surface area contributed by atoms with E-state index < -0.39 is 0 Å². The van der Waals surface area contributed by atoms with Crippen molar-refractivity contribution in [2.75, 3.05) is 0 Å². The van der Waals surface area contributed by atoms with Crippen LogP contribution in [0, 0.1) is 9.52 Å². The largest absolute Gasteiger partial charge is 0.252 e. The first-order valence-corrected chi connectivity index (χ1v) is 9.03. The number of hydrogen-bond acceptors (Lipinski definition) is 1. The number of nitrogens with zero attached hydrogens (tertiary/aromatic N) is 1. The smallest absolute Gasteiger partial charge is 0.222 e. The Balaban J connectivity index is 2.74. The maximum Gasteiger partial charge on any atom is 0.222 e. The maximum atomic E-state index is 13.6. The number of H-pyrrole nitrogens is 1. The Kier molecular flexibility index (Phi) is 8.07. The third-order valence-electron chi connectivity index (χ3n) is 4.15. The number of aromatic nitrogens is 2. The Morgan fingerprint density at radius 1 is 1.05 bits per heavy atom. The van der Waals surface area contributed by atoms with Gasteiger partial charge in [0.1, 0.15) is 0 Å². The van der Waals surface area contributed by atoms with Crippen molar-refractivity contribution in [3.05, 3.63) is 15.2 Å². The minimum atomic E-state index is -0.282. The molecule has 0 amide bonds. The summed E-state index contributed by atoms with van der Waals surface area (Å²) in [5.74, 6) is -0.282. The monoisotopic (exact) mass is 394 g/mol. The van der Waals surface area contributed by atoms with E-state index in [0.29, 0.717) is 3.57 Å². The Hall–Kier alpha value is -0.130. The van der Waals surface area contributed by atoms with Gasteiger partial charge < -0.3 is 0 Å². The van der Waals surface area contributed by atoms with Crippen LogP contribution in [-0.4, -0.2) is 10.2 Å². The fourth-order valence-corrected chi connectivity index (χ4v) is 3.67. The van der Waals surface area contributed by atoms with Crippen LogP contribution in [0.5, 0.6) is 0 Å². The van der Waals surface area contributed by atoms with Gasteiger partial charge in [-0.2, -0.15) is 9.49 Å². The second-order valence-corrected chi connectivity index (χ2v) is 7.11. The maximum absolute atomic E-state index is 13.6. The van der Waals surface area contributed by atoms with Gasteiger partial charge in [-0.05, 0) is 35.4 Å². The van der Waals surface area contributed by atoms with E-state index in [0.717, 1.165) is 18.5 Å². The minimum absolute atomic E-state index is 0.0142. The predicted octanol–water partition coefficient (Wildman–Crippen LogP) is 5.96. The first kappa shape index (κ1) is 17.9. The van der Waals surface area contributed by atoms with E-state index in [9.17, 15) is 4.39 Å². The zero-order valence-electron chi connectivity index (χ0n) is 13.1. The number of hydrogen-bond donors (Lipinski definition) is 1. The van der Waals surface area contributed by atoms with Crippen LogP contribution in [0.2, 0.25) is 0 Å². The lowest BCUT2D eigenvalue weighted by molar-refractivity contribution is 0.355. The number of rotatable bonds is 10. The normalized spacial score (nSPS) is 14.4. The van der Waals surface area contributed by atoms with Crippen molar-refractivity contribution in [2.24, 2.45) is 0 Å². The lowest BCUT2D eigenvalue weighted by Gasteiger charge is -2.28. The molecular formula is C16H28FIN2. The third-order valence-corrected chi connectivity index (χ3v) is 5.14. The quantitative estimate of drug-likeness (QED) is 0.385. The first-order chi connectivity index (χ1) is 9.55. The summed E-state index contributed by atoms with van der Waals surface area (Å²) in [6.45, 7) is 6.70. The highest BCUT2D eigenvalue weighted by atomic mass is 127. The summed E-state index contributed by atoms with van der Waals surface area (Å²) in [5, 5.41) is 6.77. The van der Waals surface area contributed by atoms with E-state index in [1.54, 1.807) is 0 Å². The van der Waals surface area contributed by atoms with Crippen molar-refractivity contribution in [1.82, 2.24) is 10.2 Å². The second-order valence-electron chi connectivity index (χ2n) is 6.03. The average Bonchev–Trinajstić information content (AvgIpc) is 2.76. The van der Waals surface area contributed by atoms with Crippen molar-refractivity contribution in [3.8, 4) is 0 Å². The molecule has 0 fully saturated rings. The molecule has 1 rings (SSSR count). The molecule has 1 heterocycles. The predicted molar refractivity (Wildman–Crippen MR) is 91.5 cm³/mol. The minimum Gasteiger partial charge on any atom is -0.252 e. The van der Waals surface area contributed by atoms with E-state index in [1.807, 2.05) is 0 Å². The van der Waals surface area contributed by atoms with E-state index in [1.165, 1.54) is 44.9 Å². The average molecular weight is 394 g/mol. The highest BCUT2D eigenvalue weighted by Crippen LogP contribution is 2.37. The van der Waals surface area contributed by atoms with Gasteiger partial charge in [-0.15, -0.1) is 0 Å². The Bertz CT molecular complexity index is 392. The molecule has 0 bridgehead atoms. The highest BCUT2D eigenvalue weighted by Gasteiger charge is 2.31. The van der Waals surface area contributed by atoms with Gasteiger partial charge in [0.25, 0.3) is 0 Å². The van der Waals surface area contributed by atoms with Gasteiger partial charge >= 0.3 is 0 Å². The van der Waals surface area contributed by atoms with Crippen LogP contribution in [0.3, 0.4) is 0 Å². The van der Waals surface area contributed by atoms with Crippen LogP contribution in [-0.2, 0) is 5.41 Å². The van der Waals surface area contributed by atoms with Gasteiger partial charge in [-0.25, -0.2) is 0 Å². The Morgan fingerprint density at radius 2 is 1.60 bits per heavy atom. The van der Waals surface area contributed by atoms with E-state index in [2.05, 4.69) is 53.6 Å². The van der Waals surface area contributed by atoms with Crippen molar-refractivity contribution in [2.45, 2.75) is 84.0 Å². The van der Waals surface area contributed by atoms with Crippen LogP contribution >= 0.6 is 22.6 Å². The van der Waals surface area contributed by atoms with Gasteiger partial charge in [0, 0.05) is 5.41 Å². The van der Waals surface area contributed by atoms with Crippen LogP contribution in [0.1, 0.15) is 84.3 Å². The molecule has 0 aliphatic carbocycles. The van der Waals surface area contributed by atoms with Crippen LogP contribution in [0.15, 0.2) is 0 Å². The summed E-state index contributed by atoms with van der Waals surface area (Å²) in [7, 11) is 0. The SMILES string of the molecule is CCCCCCC(C)(CCCCC)c1n[nH]c(F)c1I. The molecular weight excluding hydrogens is 366 g/mol. The summed E-state index contributed by atoms with van der Waals surface area (Å²) in [6, 6.07) is 0. The molecule has 0 aliphatic heterocycles. The Labute approximate surface area is 136 Å². The number of aromatic amines is 1. The van der Waals surface area contributed by atoms with Crippen LogP contribution in [0.4, 0.5) is 4.39 Å². The zero-order valence-corrected chi connectivity index (χ0v) is 15.2. The lowest BCUT2D eigenvalue weighted by Crippen LogP contribution is -2.24. The molecule has 0 radical (unpaired) electrons. The highest BCUT2D eigenvalue weighted by molar-refractivity contribution is 14.1. The van der Waals surface area contributed by atoms with E-state index in [4.69, 9.17) is 0 Å². The summed E-state index contributed by atoms with van der Waals surface area (Å²) in [5.41, 5.74) is 0.948. The molecule has 2 nitrogen and oxygen atoms in total. The zero-order chi connectivity index (χ0) is 15.0. The molecule has 0 saturated heterocycles. The fourth-order valence-electron chi connectivity index (χ4n) is 2.78. The van der Waals surface area contributed by atoms with Crippen molar-refractivity contribution >= 4 is 22.6 Å². The molecule has 1 atom stereocenters. The number of nitrogens with one attached hydrogen (secondary N) is 1. The van der Waals surface area contributed by atoms with Gasteiger partial charge in [0.05, 0.1) is 9.26 Å². The van der Waals surface area contributed by atoms with Gasteiger partial charge in [-0.3, -0.25) is 5.10 Å². The molecule has 116 valence electrons. The molecule has 4 heteroatoms. The molecule has 0 aromatic carbocycles. The first-order valence-electron chi connectivity index (χ1n) is 7.95. The summed E-state index contributed by atoms with van der Waals surface area (Å²) in [6.07, 6.45) is 10.9. The summed E-state index contributed by atoms with van der Waals surface area (Å²) >= 11 is 2.09. The molecule has 1 N–H and O–H groups in total. The Morgan fingerprint density at radius 3 is 2.10 bits per heavy atom. The third kappa shape index (κ3) is 5.01. The number of unbranched alkanes of at least 4 members (excludes halogenated alkanes) is 5. The summed E-state index contributed by atoms with van der Waals surface area (Å²) < 4.78 is 14.3. The molecule has 0 saturated carbocycles. The van der Waals surface area contributed by atoms with Crippen LogP contribution < -0.4 is 0 Å². The standard InChI is InChI=1S/C16H28FIN2/c1-4-6-8-10-12-16(3,11-9-7-5-2)14-13(18)15(17)20-19-14/h4-12H2,1-3H3,(H,19,20). The topological polar surface area (TPSA) is 28.7 Å².